The zero-order valence-corrected chi connectivity index (χ0v) is 9.70. The van der Waals surface area contributed by atoms with Gasteiger partial charge in [-0.2, -0.15) is 0 Å². The van der Waals surface area contributed by atoms with Crippen LogP contribution in [0.2, 0.25) is 10.3 Å². The highest BCUT2D eigenvalue weighted by atomic mass is 35.5. The number of rotatable bonds is 3. The minimum Gasteiger partial charge on any atom is -0.392 e. The van der Waals surface area contributed by atoms with E-state index in [1.54, 1.807) is 6.08 Å². The van der Waals surface area contributed by atoms with Crippen LogP contribution in [0, 0.1) is 0 Å². The summed E-state index contributed by atoms with van der Waals surface area (Å²) in [6.45, 7) is -0.0725. The van der Waals surface area contributed by atoms with Gasteiger partial charge in [0, 0.05) is 5.56 Å². The Balaban J connectivity index is 3.11. The number of thioether (sulfide) groups is 1. The summed E-state index contributed by atoms with van der Waals surface area (Å²) in [6, 6.07) is 0. The zero-order valence-electron chi connectivity index (χ0n) is 7.37. The average molecular weight is 251 g/mol. The average Bonchev–Trinajstić information content (AvgIpc) is 2.16. The van der Waals surface area contributed by atoms with Crippen molar-refractivity contribution >= 4 is 41.0 Å². The van der Waals surface area contributed by atoms with Crippen LogP contribution in [0.15, 0.2) is 11.2 Å². The molecular weight excluding hydrogens is 243 g/mol. The van der Waals surface area contributed by atoms with E-state index in [0.717, 1.165) is 0 Å². The van der Waals surface area contributed by atoms with Crippen molar-refractivity contribution in [1.82, 2.24) is 9.97 Å². The maximum Gasteiger partial charge on any atom is 0.190 e. The van der Waals surface area contributed by atoms with Crippen molar-refractivity contribution < 1.29 is 5.11 Å². The highest BCUT2D eigenvalue weighted by Gasteiger charge is 2.07. The number of nitrogens with zero attached hydrogens (tertiary/aromatic N) is 2. The molecule has 0 amide bonds. The van der Waals surface area contributed by atoms with Crippen LogP contribution in [0.4, 0.5) is 0 Å². The van der Waals surface area contributed by atoms with Gasteiger partial charge < -0.3 is 5.11 Å². The van der Waals surface area contributed by atoms with Gasteiger partial charge in [0.15, 0.2) is 5.16 Å². The molecule has 0 aliphatic rings. The summed E-state index contributed by atoms with van der Waals surface area (Å²) in [7, 11) is 0. The molecule has 0 aromatic carbocycles. The number of halogens is 2. The van der Waals surface area contributed by atoms with E-state index >= 15 is 0 Å². The fourth-order valence-corrected chi connectivity index (χ4v) is 1.78. The van der Waals surface area contributed by atoms with Gasteiger partial charge in [-0.3, -0.25) is 0 Å². The fraction of sp³-hybridized carbons (Fsp3) is 0.250. The molecule has 0 radical (unpaired) electrons. The monoisotopic (exact) mass is 250 g/mol. The van der Waals surface area contributed by atoms with Crippen LogP contribution >= 0.6 is 35.0 Å². The van der Waals surface area contributed by atoms with Gasteiger partial charge in [-0.25, -0.2) is 9.97 Å². The smallest absolute Gasteiger partial charge is 0.190 e. The molecule has 0 atom stereocenters. The summed E-state index contributed by atoms with van der Waals surface area (Å²) in [5, 5.41) is 9.70. The second-order valence-electron chi connectivity index (χ2n) is 2.29. The number of aromatic nitrogens is 2. The Kier molecular flexibility index (Phi) is 4.68. The van der Waals surface area contributed by atoms with Crippen LogP contribution < -0.4 is 0 Å². The predicted molar refractivity (Wildman–Crippen MR) is 60.0 cm³/mol. The maximum atomic E-state index is 8.59. The van der Waals surface area contributed by atoms with Gasteiger partial charge in [0.2, 0.25) is 0 Å². The zero-order chi connectivity index (χ0) is 10.6. The molecule has 1 aromatic heterocycles. The lowest BCUT2D eigenvalue weighted by Gasteiger charge is -2.02. The standard InChI is InChI=1S/C8H8Cl2N2OS/c1-14-8-11-6(9)5(3-2-4-13)7(10)12-8/h2-3,13H,4H2,1H3. The quantitative estimate of drug-likeness (QED) is 0.509. The third kappa shape index (κ3) is 2.85. The Morgan fingerprint density at radius 2 is 1.93 bits per heavy atom. The first-order valence-corrected chi connectivity index (χ1v) is 5.71. The molecule has 0 saturated carbocycles. The normalized spacial score (nSPS) is 11.1. The van der Waals surface area contributed by atoms with Gasteiger partial charge in [-0.05, 0) is 6.26 Å². The largest absolute Gasteiger partial charge is 0.392 e. The third-order valence-corrected chi connectivity index (χ3v) is 2.53. The van der Waals surface area contributed by atoms with E-state index in [1.807, 2.05) is 6.26 Å². The molecule has 0 saturated heterocycles. The van der Waals surface area contributed by atoms with Crippen molar-refractivity contribution in [3.05, 3.63) is 21.9 Å². The first-order valence-electron chi connectivity index (χ1n) is 3.73. The first-order chi connectivity index (χ1) is 6.69. The van der Waals surface area contributed by atoms with Gasteiger partial charge in [-0.1, -0.05) is 47.1 Å². The highest BCUT2D eigenvalue weighted by molar-refractivity contribution is 7.98. The van der Waals surface area contributed by atoms with Gasteiger partial charge in [0.05, 0.1) is 6.61 Å². The van der Waals surface area contributed by atoms with Crippen LogP contribution in [-0.4, -0.2) is 27.9 Å². The summed E-state index contributed by atoms with van der Waals surface area (Å²) < 4.78 is 0. The molecule has 1 N–H and O–H groups in total. The molecule has 0 aliphatic heterocycles. The topological polar surface area (TPSA) is 46.0 Å². The molecule has 1 heterocycles. The van der Waals surface area contributed by atoms with Gasteiger partial charge in [0.1, 0.15) is 10.3 Å². The lowest BCUT2D eigenvalue weighted by Crippen LogP contribution is -1.92. The van der Waals surface area contributed by atoms with Crippen molar-refractivity contribution in [2.75, 3.05) is 12.9 Å². The van der Waals surface area contributed by atoms with Crippen molar-refractivity contribution in [2.24, 2.45) is 0 Å². The Morgan fingerprint density at radius 1 is 1.36 bits per heavy atom. The van der Waals surface area contributed by atoms with Gasteiger partial charge in [0.25, 0.3) is 0 Å². The van der Waals surface area contributed by atoms with Gasteiger partial charge >= 0.3 is 0 Å². The molecule has 0 unspecified atom stereocenters. The second-order valence-corrected chi connectivity index (χ2v) is 3.78. The van der Waals surface area contributed by atoms with E-state index in [0.29, 0.717) is 21.0 Å². The highest BCUT2D eigenvalue weighted by Crippen LogP contribution is 2.25. The predicted octanol–water partition coefficient (Wildman–Crippen LogP) is 2.51. The van der Waals surface area contributed by atoms with Crippen LogP contribution in [0.25, 0.3) is 6.08 Å². The molecule has 0 fully saturated rings. The molecule has 0 bridgehead atoms. The van der Waals surface area contributed by atoms with Crippen molar-refractivity contribution in [3.8, 4) is 0 Å². The Morgan fingerprint density at radius 3 is 2.36 bits per heavy atom. The van der Waals surface area contributed by atoms with Gasteiger partial charge in [-0.15, -0.1) is 0 Å². The molecule has 76 valence electrons. The van der Waals surface area contributed by atoms with E-state index < -0.39 is 0 Å². The van der Waals surface area contributed by atoms with E-state index in [9.17, 15) is 0 Å². The first kappa shape index (κ1) is 11.8. The lowest BCUT2D eigenvalue weighted by molar-refractivity contribution is 0.343. The maximum absolute atomic E-state index is 8.59. The molecular formula is C8H8Cl2N2OS. The molecule has 3 nitrogen and oxygen atoms in total. The molecule has 14 heavy (non-hydrogen) atoms. The van der Waals surface area contributed by atoms with Crippen molar-refractivity contribution in [1.29, 1.82) is 0 Å². The van der Waals surface area contributed by atoms with E-state index in [4.69, 9.17) is 28.3 Å². The third-order valence-electron chi connectivity index (χ3n) is 1.40. The van der Waals surface area contributed by atoms with E-state index in [1.165, 1.54) is 17.8 Å². The van der Waals surface area contributed by atoms with Crippen molar-refractivity contribution in [2.45, 2.75) is 5.16 Å². The number of hydrogen-bond acceptors (Lipinski definition) is 4. The summed E-state index contributed by atoms with van der Waals surface area (Å²) in [4.78, 5) is 8.01. The summed E-state index contributed by atoms with van der Waals surface area (Å²) >= 11 is 13.1. The molecule has 6 heteroatoms. The van der Waals surface area contributed by atoms with Crippen LogP contribution in [-0.2, 0) is 0 Å². The van der Waals surface area contributed by atoms with Crippen LogP contribution in [0.3, 0.4) is 0 Å². The number of aliphatic hydroxyl groups excluding tert-OH is 1. The summed E-state index contributed by atoms with van der Waals surface area (Å²) in [6.07, 6.45) is 4.95. The number of aliphatic hydroxyl groups is 1. The minimum atomic E-state index is -0.0725. The van der Waals surface area contributed by atoms with E-state index in [2.05, 4.69) is 9.97 Å². The van der Waals surface area contributed by atoms with Crippen molar-refractivity contribution in [3.63, 3.8) is 0 Å². The minimum absolute atomic E-state index is 0.0725. The second kappa shape index (κ2) is 5.56. The fourth-order valence-electron chi connectivity index (χ4n) is 0.798. The lowest BCUT2D eigenvalue weighted by atomic mass is 10.3. The summed E-state index contributed by atoms with van der Waals surface area (Å²) in [5.74, 6) is 0. The molecule has 1 rings (SSSR count). The summed E-state index contributed by atoms with van der Waals surface area (Å²) in [5.41, 5.74) is 0.528. The Hall–Kier alpha value is -0.290. The van der Waals surface area contributed by atoms with Crippen LogP contribution in [0.5, 0.6) is 0 Å². The van der Waals surface area contributed by atoms with Crippen LogP contribution in [0.1, 0.15) is 5.56 Å². The molecule has 1 aromatic rings. The SMILES string of the molecule is CSc1nc(Cl)c(C=CCO)c(Cl)n1. The van der Waals surface area contributed by atoms with E-state index in [-0.39, 0.29) is 6.61 Å². The number of hydrogen-bond donors (Lipinski definition) is 1. The molecule has 0 spiro atoms. The Bertz CT molecular complexity index is 334. The molecule has 0 aliphatic carbocycles. The Labute approximate surface area is 96.2 Å².